The second-order valence-electron chi connectivity index (χ2n) is 6.16. The van der Waals surface area contributed by atoms with Gasteiger partial charge < -0.3 is 20.5 Å². The molecule has 3 N–H and O–H groups in total. The molecule has 1 aliphatic heterocycles. The summed E-state index contributed by atoms with van der Waals surface area (Å²) in [5.74, 6) is -1.72. The van der Waals surface area contributed by atoms with E-state index < -0.39 is 18.0 Å². The van der Waals surface area contributed by atoms with Gasteiger partial charge in [0.25, 0.3) is 11.8 Å². The van der Waals surface area contributed by atoms with Gasteiger partial charge in [0.2, 0.25) is 0 Å². The average molecular weight is 369 g/mol. The molecule has 140 valence electrons. The highest BCUT2D eigenvalue weighted by molar-refractivity contribution is 6.03. The Hall–Kier alpha value is -3.26. The second-order valence-corrected chi connectivity index (χ2v) is 6.16. The van der Waals surface area contributed by atoms with E-state index in [0.29, 0.717) is 24.4 Å². The van der Waals surface area contributed by atoms with Crippen LogP contribution in [0.1, 0.15) is 39.4 Å². The molecule has 2 aromatic rings. The first kappa shape index (κ1) is 18.5. The number of rotatable bonds is 5. The summed E-state index contributed by atoms with van der Waals surface area (Å²) in [4.78, 5) is 39.3. The van der Waals surface area contributed by atoms with Crippen LogP contribution in [0.15, 0.2) is 36.4 Å². The predicted octanol–water partition coefficient (Wildman–Crippen LogP) is 2.46. The molecule has 27 heavy (non-hydrogen) atoms. The van der Waals surface area contributed by atoms with E-state index in [1.54, 1.807) is 24.3 Å². The third-order valence-electron chi connectivity index (χ3n) is 4.18. The number of carbonyl (C=O) groups is 3. The Kier molecular flexibility index (Phi) is 5.46. The van der Waals surface area contributed by atoms with Crippen LogP contribution in [0.5, 0.6) is 0 Å². The monoisotopic (exact) mass is 369 g/mol. The molecule has 1 atom stereocenters. The van der Waals surface area contributed by atoms with E-state index in [2.05, 4.69) is 15.6 Å². The van der Waals surface area contributed by atoms with Crippen molar-refractivity contribution >= 4 is 29.2 Å². The number of aromatic nitrogens is 1. The topological polar surface area (TPSA) is 118 Å². The van der Waals surface area contributed by atoms with Crippen LogP contribution >= 0.6 is 0 Å². The molecule has 1 unspecified atom stereocenters. The summed E-state index contributed by atoms with van der Waals surface area (Å²) in [5.41, 5.74) is 1.57. The van der Waals surface area contributed by atoms with Crippen molar-refractivity contribution in [1.29, 1.82) is 0 Å². The lowest BCUT2D eigenvalue weighted by atomic mass is 10.2. The first-order valence-corrected chi connectivity index (χ1v) is 8.49. The first-order chi connectivity index (χ1) is 12.9. The highest BCUT2D eigenvalue weighted by Gasteiger charge is 2.23. The Balaban J connectivity index is 1.62. The Bertz CT molecular complexity index is 873. The van der Waals surface area contributed by atoms with E-state index in [-0.39, 0.29) is 22.9 Å². The van der Waals surface area contributed by atoms with E-state index in [0.717, 1.165) is 6.42 Å². The lowest BCUT2D eigenvalue weighted by Gasteiger charge is -2.11. The third-order valence-corrected chi connectivity index (χ3v) is 4.18. The van der Waals surface area contributed by atoms with Gasteiger partial charge in [-0.05, 0) is 56.2 Å². The number of aryl methyl sites for hydroxylation is 1. The average Bonchev–Trinajstić information content (AvgIpc) is 3.17. The standard InChI is InChI=1S/C19H19N3O5/c1-11-14(19(25)26)8-9-15(20-11)17(23)21-12-4-6-13(7-5-12)22-18(24)16-3-2-10-27-16/h4-9,16H,2-3,10H2,1H3,(H,21,23)(H,22,24)(H,25,26). The number of anilines is 2. The zero-order chi connectivity index (χ0) is 19.4. The van der Waals surface area contributed by atoms with Crippen molar-refractivity contribution in [2.24, 2.45) is 0 Å². The number of benzene rings is 1. The van der Waals surface area contributed by atoms with Crippen LogP contribution in [0.2, 0.25) is 0 Å². The van der Waals surface area contributed by atoms with Gasteiger partial charge in [0.05, 0.1) is 11.3 Å². The first-order valence-electron chi connectivity index (χ1n) is 8.49. The summed E-state index contributed by atoms with van der Waals surface area (Å²) in [6, 6.07) is 9.37. The molecule has 1 fully saturated rings. The van der Waals surface area contributed by atoms with E-state index in [1.807, 2.05) is 0 Å². The molecule has 2 heterocycles. The van der Waals surface area contributed by atoms with E-state index in [9.17, 15) is 14.4 Å². The number of nitrogens with zero attached hydrogens (tertiary/aromatic N) is 1. The highest BCUT2D eigenvalue weighted by Crippen LogP contribution is 2.18. The van der Waals surface area contributed by atoms with Gasteiger partial charge in [0.15, 0.2) is 0 Å². The fraction of sp³-hybridized carbons (Fsp3) is 0.263. The Labute approximate surface area is 155 Å². The molecule has 0 spiro atoms. The smallest absolute Gasteiger partial charge is 0.337 e. The number of carboxylic acid groups (broad SMARTS) is 1. The number of carboxylic acids is 1. The van der Waals surface area contributed by atoms with Crippen LogP contribution in [0.4, 0.5) is 11.4 Å². The van der Waals surface area contributed by atoms with E-state index in [4.69, 9.17) is 9.84 Å². The summed E-state index contributed by atoms with van der Waals surface area (Å²) >= 11 is 0. The summed E-state index contributed by atoms with van der Waals surface area (Å²) in [7, 11) is 0. The lowest BCUT2D eigenvalue weighted by molar-refractivity contribution is -0.124. The number of nitrogens with one attached hydrogen (secondary N) is 2. The molecular weight excluding hydrogens is 350 g/mol. The van der Waals surface area contributed by atoms with Crippen molar-refractivity contribution in [1.82, 2.24) is 4.98 Å². The van der Waals surface area contributed by atoms with Crippen molar-refractivity contribution in [3.8, 4) is 0 Å². The van der Waals surface area contributed by atoms with E-state index in [1.165, 1.54) is 19.1 Å². The zero-order valence-corrected chi connectivity index (χ0v) is 14.7. The number of carbonyl (C=O) groups excluding carboxylic acids is 2. The molecule has 1 saturated heterocycles. The number of hydrogen-bond donors (Lipinski definition) is 3. The van der Waals surface area contributed by atoms with Gasteiger partial charge >= 0.3 is 5.97 Å². The molecular formula is C19H19N3O5. The van der Waals surface area contributed by atoms with Crippen molar-refractivity contribution in [3.05, 3.63) is 53.3 Å². The van der Waals surface area contributed by atoms with Crippen LogP contribution in [0.3, 0.4) is 0 Å². The number of aromatic carboxylic acids is 1. The minimum absolute atomic E-state index is 0.0536. The van der Waals surface area contributed by atoms with Gasteiger partial charge in [-0.2, -0.15) is 0 Å². The quantitative estimate of drug-likeness (QED) is 0.745. The molecule has 0 aliphatic carbocycles. The van der Waals surface area contributed by atoms with Crippen LogP contribution in [-0.2, 0) is 9.53 Å². The molecule has 1 aliphatic rings. The van der Waals surface area contributed by atoms with Crippen molar-refractivity contribution in [3.63, 3.8) is 0 Å². The summed E-state index contributed by atoms with van der Waals surface area (Å²) in [6.07, 6.45) is 1.18. The van der Waals surface area contributed by atoms with Crippen molar-refractivity contribution < 1.29 is 24.2 Å². The molecule has 1 aromatic heterocycles. The van der Waals surface area contributed by atoms with Crippen LogP contribution in [0, 0.1) is 6.92 Å². The summed E-state index contributed by atoms with van der Waals surface area (Å²) in [6.45, 7) is 2.13. The fourth-order valence-corrected chi connectivity index (χ4v) is 2.75. The number of ether oxygens (including phenoxy) is 1. The molecule has 3 rings (SSSR count). The van der Waals surface area contributed by atoms with Gasteiger partial charge in [-0.15, -0.1) is 0 Å². The predicted molar refractivity (Wildman–Crippen MR) is 97.9 cm³/mol. The second kappa shape index (κ2) is 7.96. The minimum atomic E-state index is -1.09. The highest BCUT2D eigenvalue weighted by atomic mass is 16.5. The Morgan fingerprint density at radius 2 is 1.74 bits per heavy atom. The SMILES string of the molecule is Cc1nc(C(=O)Nc2ccc(NC(=O)C3CCCO3)cc2)ccc1C(=O)O. The maximum absolute atomic E-state index is 12.3. The van der Waals surface area contributed by atoms with Crippen molar-refractivity contribution in [2.45, 2.75) is 25.9 Å². The van der Waals surface area contributed by atoms with Crippen LogP contribution in [0.25, 0.3) is 0 Å². The zero-order valence-electron chi connectivity index (χ0n) is 14.7. The molecule has 2 amide bonds. The number of pyridine rings is 1. The maximum atomic E-state index is 12.3. The summed E-state index contributed by atoms with van der Waals surface area (Å²) in [5, 5.41) is 14.5. The molecule has 0 bridgehead atoms. The lowest BCUT2D eigenvalue weighted by Crippen LogP contribution is -2.26. The third kappa shape index (κ3) is 4.48. The van der Waals surface area contributed by atoms with E-state index >= 15 is 0 Å². The summed E-state index contributed by atoms with van der Waals surface area (Å²) < 4.78 is 5.33. The van der Waals surface area contributed by atoms with Gasteiger partial charge in [-0.3, -0.25) is 9.59 Å². The maximum Gasteiger partial charge on any atom is 0.337 e. The molecule has 0 radical (unpaired) electrons. The molecule has 0 saturated carbocycles. The molecule has 8 heteroatoms. The Morgan fingerprint density at radius 3 is 2.30 bits per heavy atom. The number of amides is 2. The molecule has 8 nitrogen and oxygen atoms in total. The van der Waals surface area contributed by atoms with Crippen molar-refractivity contribution in [2.75, 3.05) is 17.2 Å². The number of hydrogen-bond acceptors (Lipinski definition) is 5. The van der Waals surface area contributed by atoms with Crippen LogP contribution in [-0.4, -0.2) is 40.6 Å². The fourth-order valence-electron chi connectivity index (χ4n) is 2.75. The molecule has 1 aromatic carbocycles. The van der Waals surface area contributed by atoms with Gasteiger partial charge in [-0.25, -0.2) is 9.78 Å². The largest absolute Gasteiger partial charge is 0.478 e. The van der Waals surface area contributed by atoms with Gasteiger partial charge in [-0.1, -0.05) is 0 Å². The normalized spacial score (nSPS) is 16.0. The minimum Gasteiger partial charge on any atom is -0.478 e. The van der Waals surface area contributed by atoms with Gasteiger partial charge in [0, 0.05) is 18.0 Å². The van der Waals surface area contributed by atoms with Crippen LogP contribution < -0.4 is 10.6 Å². The van der Waals surface area contributed by atoms with Gasteiger partial charge in [0.1, 0.15) is 11.8 Å². The Morgan fingerprint density at radius 1 is 1.07 bits per heavy atom.